The quantitative estimate of drug-likeness (QED) is 0.487. The highest BCUT2D eigenvalue weighted by Crippen LogP contribution is 2.32. The van der Waals surface area contributed by atoms with Gasteiger partial charge >= 0.3 is 5.97 Å². The first-order valence-electron chi connectivity index (χ1n) is 7.91. The van der Waals surface area contributed by atoms with E-state index in [0.29, 0.717) is 17.9 Å². The molecule has 0 unspecified atom stereocenters. The van der Waals surface area contributed by atoms with Crippen molar-refractivity contribution in [1.29, 1.82) is 0 Å². The van der Waals surface area contributed by atoms with Crippen molar-refractivity contribution in [2.45, 2.75) is 33.6 Å². The number of methoxy groups -OCH3 is 1. The number of hydrogen-bond acceptors (Lipinski definition) is 3. The van der Waals surface area contributed by atoms with Crippen molar-refractivity contribution in [3.05, 3.63) is 59.5 Å². The van der Waals surface area contributed by atoms with E-state index in [1.165, 1.54) is 6.08 Å². The highest BCUT2D eigenvalue weighted by atomic mass is 19.1. The summed E-state index contributed by atoms with van der Waals surface area (Å²) >= 11 is 0. The van der Waals surface area contributed by atoms with Gasteiger partial charge in [-0.2, -0.15) is 0 Å². The van der Waals surface area contributed by atoms with E-state index in [-0.39, 0.29) is 18.7 Å². The van der Waals surface area contributed by atoms with Crippen molar-refractivity contribution in [3.63, 3.8) is 0 Å². The fourth-order valence-corrected chi connectivity index (χ4v) is 2.33. The van der Waals surface area contributed by atoms with Crippen LogP contribution in [-0.4, -0.2) is 19.7 Å². The molecule has 0 saturated heterocycles. The van der Waals surface area contributed by atoms with Gasteiger partial charge in [-0.25, -0.2) is 4.39 Å². The molecule has 0 saturated carbocycles. The molecule has 0 bridgehead atoms. The van der Waals surface area contributed by atoms with Gasteiger partial charge in [-0.1, -0.05) is 30.4 Å². The van der Waals surface area contributed by atoms with E-state index < -0.39 is 5.97 Å². The van der Waals surface area contributed by atoms with Crippen molar-refractivity contribution in [2.24, 2.45) is 0 Å². The third-order valence-electron chi connectivity index (χ3n) is 3.33. The number of carbonyl (C=O) groups is 1. The number of ether oxygens (including phenoxy) is 2. The van der Waals surface area contributed by atoms with Gasteiger partial charge in [0.15, 0.2) is 0 Å². The summed E-state index contributed by atoms with van der Waals surface area (Å²) in [6.45, 7) is 9.67. The van der Waals surface area contributed by atoms with Crippen molar-refractivity contribution in [2.75, 3.05) is 13.7 Å². The van der Waals surface area contributed by atoms with E-state index in [0.717, 1.165) is 16.7 Å². The molecule has 0 N–H and O–H groups in total. The first-order chi connectivity index (χ1) is 11.4. The highest BCUT2D eigenvalue weighted by molar-refractivity contribution is 5.81. The third kappa shape index (κ3) is 6.03. The lowest BCUT2D eigenvalue weighted by atomic mass is 9.96. The summed E-state index contributed by atoms with van der Waals surface area (Å²) in [4.78, 5) is 11.4. The normalized spacial score (nSPS) is 12.0. The van der Waals surface area contributed by atoms with Crippen LogP contribution in [0, 0.1) is 6.92 Å². The maximum Gasteiger partial charge on any atom is 0.306 e. The molecule has 0 heterocycles. The molecule has 130 valence electrons. The number of halogens is 1. The maximum atomic E-state index is 14.3. The fraction of sp³-hybridized carbons (Fsp3) is 0.350. The van der Waals surface area contributed by atoms with Gasteiger partial charge in [-0.3, -0.25) is 4.79 Å². The smallest absolute Gasteiger partial charge is 0.306 e. The minimum absolute atomic E-state index is 0.000556. The Morgan fingerprint density at radius 2 is 2.00 bits per heavy atom. The number of benzene rings is 1. The van der Waals surface area contributed by atoms with Crippen LogP contribution in [0.3, 0.4) is 0 Å². The van der Waals surface area contributed by atoms with Crippen LogP contribution in [0.15, 0.2) is 48.3 Å². The average molecular weight is 332 g/mol. The van der Waals surface area contributed by atoms with Crippen LogP contribution in [0.1, 0.15) is 37.8 Å². The number of carbonyl (C=O) groups excluding carboxylic acids is 1. The summed E-state index contributed by atoms with van der Waals surface area (Å²) in [5, 5.41) is 0. The molecule has 1 rings (SSSR count). The van der Waals surface area contributed by atoms with E-state index in [2.05, 4.69) is 6.58 Å². The van der Waals surface area contributed by atoms with Gasteiger partial charge in [-0.05, 0) is 44.1 Å². The average Bonchev–Trinajstić information content (AvgIpc) is 2.52. The lowest BCUT2D eigenvalue weighted by molar-refractivity contribution is -0.143. The molecule has 0 amide bonds. The number of esters is 1. The summed E-state index contributed by atoms with van der Waals surface area (Å²) in [5.41, 5.74) is 3.24. The largest absolute Gasteiger partial charge is 0.496 e. The van der Waals surface area contributed by atoms with E-state index in [1.54, 1.807) is 20.1 Å². The minimum Gasteiger partial charge on any atom is -0.496 e. The van der Waals surface area contributed by atoms with Crippen LogP contribution >= 0.6 is 0 Å². The predicted molar refractivity (Wildman–Crippen MR) is 95.6 cm³/mol. The predicted octanol–water partition coefficient (Wildman–Crippen LogP) is 5.16. The molecular weight excluding hydrogens is 307 g/mol. The zero-order valence-corrected chi connectivity index (χ0v) is 14.8. The van der Waals surface area contributed by atoms with Gasteiger partial charge in [-0.15, -0.1) is 0 Å². The Morgan fingerprint density at radius 1 is 1.29 bits per heavy atom. The number of rotatable bonds is 8. The minimum atomic E-state index is -0.403. The Morgan fingerprint density at radius 3 is 2.58 bits per heavy atom. The van der Waals surface area contributed by atoms with Gasteiger partial charge in [0.1, 0.15) is 11.6 Å². The first-order valence-corrected chi connectivity index (χ1v) is 7.91. The Labute approximate surface area is 143 Å². The van der Waals surface area contributed by atoms with Crippen LogP contribution in [0.5, 0.6) is 5.75 Å². The second-order valence-electron chi connectivity index (χ2n) is 5.49. The zero-order chi connectivity index (χ0) is 18.1. The fourth-order valence-electron chi connectivity index (χ4n) is 2.33. The van der Waals surface area contributed by atoms with Crippen molar-refractivity contribution in [1.82, 2.24) is 0 Å². The molecule has 0 aromatic heterocycles. The Kier molecular flexibility index (Phi) is 7.96. The summed E-state index contributed by atoms with van der Waals surface area (Å²) in [6, 6.07) is 5.66. The molecule has 0 spiro atoms. The highest BCUT2D eigenvalue weighted by Gasteiger charge is 2.12. The monoisotopic (exact) mass is 332 g/mol. The lowest BCUT2D eigenvalue weighted by Crippen LogP contribution is -2.03. The molecule has 0 fully saturated rings. The Balaban J connectivity index is 3.14. The second kappa shape index (κ2) is 9.71. The van der Waals surface area contributed by atoms with Gasteiger partial charge in [0.05, 0.1) is 20.1 Å². The van der Waals surface area contributed by atoms with E-state index in [4.69, 9.17) is 9.47 Å². The van der Waals surface area contributed by atoms with Crippen LogP contribution in [0.25, 0.3) is 5.57 Å². The second-order valence-corrected chi connectivity index (χ2v) is 5.49. The molecular formula is C20H25FO3. The molecule has 4 heteroatoms. The van der Waals surface area contributed by atoms with Crippen LogP contribution in [0.4, 0.5) is 4.39 Å². The topological polar surface area (TPSA) is 35.5 Å². The third-order valence-corrected chi connectivity index (χ3v) is 3.33. The van der Waals surface area contributed by atoms with Gasteiger partial charge in [0.25, 0.3) is 0 Å². The summed E-state index contributed by atoms with van der Waals surface area (Å²) in [6.07, 6.45) is 3.25. The Hall–Kier alpha value is -2.36. The molecule has 24 heavy (non-hydrogen) atoms. The maximum absolute atomic E-state index is 14.3. The number of aryl methyl sites for hydroxylation is 1. The molecule has 1 aromatic rings. The van der Waals surface area contributed by atoms with Gasteiger partial charge < -0.3 is 9.47 Å². The summed E-state index contributed by atoms with van der Waals surface area (Å²) in [5.74, 6) is -0.127. The molecule has 0 radical (unpaired) electrons. The summed E-state index contributed by atoms with van der Waals surface area (Å²) < 4.78 is 24.5. The number of hydrogen-bond donors (Lipinski definition) is 0. The molecule has 1 aromatic carbocycles. The Bertz CT molecular complexity index is 657. The standard InChI is InChI=1S/C20H25FO3/c1-6-24-19(22)11-10-17(21)13-16(12-14(2)3)20-15(4)8-7-9-18(20)23-5/h7-9,12-13H,2,6,10-11H2,1,3-5H3/b16-12+,17-13-. The molecule has 0 aliphatic carbocycles. The van der Waals surface area contributed by atoms with Crippen molar-refractivity contribution in [3.8, 4) is 5.75 Å². The molecule has 0 atom stereocenters. The van der Waals surface area contributed by atoms with Gasteiger partial charge in [0.2, 0.25) is 0 Å². The first kappa shape index (κ1) is 19.7. The van der Waals surface area contributed by atoms with Crippen LogP contribution < -0.4 is 4.74 Å². The lowest BCUT2D eigenvalue weighted by Gasteiger charge is -2.13. The number of allylic oxidation sites excluding steroid dienone is 5. The van der Waals surface area contributed by atoms with E-state index in [9.17, 15) is 9.18 Å². The van der Waals surface area contributed by atoms with Crippen molar-refractivity contribution < 1.29 is 18.7 Å². The van der Waals surface area contributed by atoms with Gasteiger partial charge in [0, 0.05) is 12.0 Å². The van der Waals surface area contributed by atoms with Crippen LogP contribution in [0.2, 0.25) is 0 Å². The van der Waals surface area contributed by atoms with E-state index in [1.807, 2.05) is 32.0 Å². The summed E-state index contributed by atoms with van der Waals surface area (Å²) in [7, 11) is 1.58. The molecule has 0 aliphatic heterocycles. The molecule has 3 nitrogen and oxygen atoms in total. The van der Waals surface area contributed by atoms with Crippen molar-refractivity contribution >= 4 is 11.5 Å². The van der Waals surface area contributed by atoms with E-state index >= 15 is 0 Å². The van der Waals surface area contributed by atoms with Crippen LogP contribution in [-0.2, 0) is 9.53 Å². The molecule has 0 aliphatic rings. The zero-order valence-electron chi connectivity index (χ0n) is 14.8. The SMILES string of the molecule is C=C(C)/C=C(\C=C(/F)CCC(=O)OCC)c1c(C)cccc1OC.